The Labute approximate surface area is 99.2 Å². The number of pyridine rings is 1. The van der Waals surface area contributed by atoms with E-state index in [2.05, 4.69) is 18.8 Å². The van der Waals surface area contributed by atoms with E-state index < -0.39 is 4.92 Å². The van der Waals surface area contributed by atoms with Gasteiger partial charge in [-0.1, -0.05) is 20.3 Å². The Morgan fingerprint density at radius 2 is 2.35 bits per heavy atom. The van der Waals surface area contributed by atoms with Gasteiger partial charge in [0.05, 0.1) is 4.92 Å². The van der Waals surface area contributed by atoms with Crippen molar-refractivity contribution in [2.24, 2.45) is 5.92 Å². The molecule has 90 valence electrons. The van der Waals surface area contributed by atoms with Crippen molar-refractivity contribution in [3.63, 3.8) is 0 Å². The summed E-state index contributed by atoms with van der Waals surface area (Å²) in [5.41, 5.74) is 0.856. The molecule has 0 bridgehead atoms. The van der Waals surface area contributed by atoms with Crippen LogP contribution in [0.15, 0.2) is 24.5 Å². The van der Waals surface area contributed by atoms with Gasteiger partial charge in [-0.05, 0) is 12.0 Å². The maximum absolute atomic E-state index is 10.6. The molecule has 0 aromatic carbocycles. The van der Waals surface area contributed by atoms with Gasteiger partial charge in [0.25, 0.3) is 5.69 Å². The fourth-order valence-electron chi connectivity index (χ4n) is 1.78. The molecule has 2 aromatic heterocycles. The van der Waals surface area contributed by atoms with Crippen molar-refractivity contribution in [3.8, 4) is 0 Å². The smallest absolute Gasteiger partial charge is 0.288 e. The van der Waals surface area contributed by atoms with Gasteiger partial charge in [-0.15, -0.1) is 0 Å². The van der Waals surface area contributed by atoms with Gasteiger partial charge in [0, 0.05) is 24.2 Å². The lowest BCUT2D eigenvalue weighted by atomic mass is 10.1. The fourth-order valence-corrected chi connectivity index (χ4v) is 1.78. The molecule has 0 aliphatic rings. The molecule has 0 spiro atoms. The van der Waals surface area contributed by atoms with Crippen LogP contribution in [0.5, 0.6) is 0 Å². The first-order chi connectivity index (χ1) is 8.11. The van der Waals surface area contributed by atoms with Gasteiger partial charge in [-0.3, -0.25) is 10.1 Å². The molecule has 1 atom stereocenters. The molecule has 0 N–H and O–H groups in total. The summed E-state index contributed by atoms with van der Waals surface area (Å²) in [5.74, 6) is 0.572. The molecule has 2 aromatic rings. The molecule has 5 heteroatoms. The number of hydrogen-bond donors (Lipinski definition) is 0. The first-order valence-electron chi connectivity index (χ1n) is 5.71. The molecule has 0 saturated heterocycles. The molecule has 0 saturated carbocycles. The van der Waals surface area contributed by atoms with Crippen molar-refractivity contribution in [2.75, 3.05) is 0 Å². The molecule has 2 heterocycles. The lowest BCUT2D eigenvalue weighted by Gasteiger charge is -2.10. The Balaban J connectivity index is 2.38. The number of aromatic nitrogens is 2. The standard InChI is InChI=1S/C12H15N3O2/c1-3-9(2)8-14-5-4-10-6-11(15(16)17)7-13-12(10)14/h4-7,9H,3,8H2,1-2H3. The minimum absolute atomic E-state index is 0.0405. The van der Waals surface area contributed by atoms with Crippen LogP contribution in [0.2, 0.25) is 0 Å². The lowest BCUT2D eigenvalue weighted by molar-refractivity contribution is -0.385. The second-order valence-electron chi connectivity index (χ2n) is 4.34. The maximum Gasteiger partial charge on any atom is 0.288 e. The third-order valence-electron chi connectivity index (χ3n) is 3.00. The van der Waals surface area contributed by atoms with Crippen molar-refractivity contribution < 1.29 is 4.92 Å². The molecular formula is C12H15N3O2. The van der Waals surface area contributed by atoms with Gasteiger partial charge in [-0.25, -0.2) is 4.98 Å². The van der Waals surface area contributed by atoms with E-state index in [9.17, 15) is 10.1 Å². The molecule has 0 radical (unpaired) electrons. The summed E-state index contributed by atoms with van der Waals surface area (Å²) in [5, 5.41) is 11.5. The molecule has 0 aliphatic heterocycles. The molecule has 2 rings (SSSR count). The molecule has 0 aliphatic carbocycles. The van der Waals surface area contributed by atoms with Crippen LogP contribution in [0.1, 0.15) is 20.3 Å². The quantitative estimate of drug-likeness (QED) is 0.602. The summed E-state index contributed by atoms with van der Waals surface area (Å²) in [4.78, 5) is 14.4. The Morgan fingerprint density at radius 3 is 3.00 bits per heavy atom. The molecular weight excluding hydrogens is 218 g/mol. The van der Waals surface area contributed by atoms with E-state index in [1.807, 2.05) is 16.8 Å². The average molecular weight is 233 g/mol. The normalized spacial score (nSPS) is 12.8. The number of hydrogen-bond acceptors (Lipinski definition) is 3. The molecule has 0 fully saturated rings. The molecule has 1 unspecified atom stereocenters. The zero-order chi connectivity index (χ0) is 12.4. The van der Waals surface area contributed by atoms with Gasteiger partial charge in [0.1, 0.15) is 11.8 Å². The minimum atomic E-state index is -0.418. The highest BCUT2D eigenvalue weighted by Crippen LogP contribution is 2.20. The summed E-state index contributed by atoms with van der Waals surface area (Å²) in [6.45, 7) is 5.22. The summed E-state index contributed by atoms with van der Waals surface area (Å²) < 4.78 is 2.05. The highest BCUT2D eigenvalue weighted by atomic mass is 16.6. The Bertz CT molecular complexity index is 548. The highest BCUT2D eigenvalue weighted by Gasteiger charge is 2.11. The Morgan fingerprint density at radius 1 is 1.59 bits per heavy atom. The summed E-state index contributed by atoms with van der Waals surface area (Å²) >= 11 is 0. The number of rotatable bonds is 4. The predicted octanol–water partition coefficient (Wildman–Crippen LogP) is 2.99. The van der Waals surface area contributed by atoms with Crippen molar-refractivity contribution in [3.05, 3.63) is 34.6 Å². The first-order valence-corrected chi connectivity index (χ1v) is 5.71. The second-order valence-corrected chi connectivity index (χ2v) is 4.34. The first kappa shape index (κ1) is 11.6. The van der Waals surface area contributed by atoms with Gasteiger partial charge >= 0.3 is 0 Å². The van der Waals surface area contributed by atoms with E-state index in [0.29, 0.717) is 5.92 Å². The number of nitrogens with zero attached hydrogens (tertiary/aromatic N) is 3. The predicted molar refractivity (Wildman–Crippen MR) is 65.8 cm³/mol. The second kappa shape index (κ2) is 4.53. The van der Waals surface area contributed by atoms with Crippen LogP contribution in [-0.4, -0.2) is 14.5 Å². The topological polar surface area (TPSA) is 61.0 Å². The largest absolute Gasteiger partial charge is 0.332 e. The van der Waals surface area contributed by atoms with E-state index in [1.165, 1.54) is 6.20 Å². The third kappa shape index (κ3) is 2.27. The van der Waals surface area contributed by atoms with Gasteiger partial charge in [0.15, 0.2) is 0 Å². The monoisotopic (exact) mass is 233 g/mol. The fraction of sp³-hybridized carbons (Fsp3) is 0.417. The SMILES string of the molecule is CCC(C)Cn1ccc2cc([N+](=O)[O-])cnc21. The van der Waals surface area contributed by atoms with Crippen molar-refractivity contribution >= 4 is 16.7 Å². The maximum atomic E-state index is 10.6. The van der Waals surface area contributed by atoms with Gasteiger partial charge in [0.2, 0.25) is 0 Å². The van der Waals surface area contributed by atoms with E-state index in [1.54, 1.807) is 6.07 Å². The van der Waals surface area contributed by atoms with E-state index in [-0.39, 0.29) is 5.69 Å². The average Bonchev–Trinajstić information content (AvgIpc) is 2.71. The van der Waals surface area contributed by atoms with Crippen LogP contribution >= 0.6 is 0 Å². The molecule has 5 nitrogen and oxygen atoms in total. The molecule has 0 amide bonds. The van der Waals surface area contributed by atoms with Crippen molar-refractivity contribution in [1.82, 2.24) is 9.55 Å². The lowest BCUT2D eigenvalue weighted by Crippen LogP contribution is -2.06. The van der Waals surface area contributed by atoms with Crippen LogP contribution in [0, 0.1) is 16.0 Å². The van der Waals surface area contributed by atoms with Crippen LogP contribution in [0.25, 0.3) is 11.0 Å². The number of nitro groups is 1. The summed E-state index contributed by atoms with van der Waals surface area (Å²) in [7, 11) is 0. The summed E-state index contributed by atoms with van der Waals surface area (Å²) in [6.07, 6.45) is 4.36. The van der Waals surface area contributed by atoms with Crippen molar-refractivity contribution in [2.45, 2.75) is 26.8 Å². The van der Waals surface area contributed by atoms with Crippen LogP contribution in [0.3, 0.4) is 0 Å². The van der Waals surface area contributed by atoms with E-state index in [0.717, 1.165) is 24.0 Å². The van der Waals surface area contributed by atoms with E-state index in [4.69, 9.17) is 0 Å². The van der Waals surface area contributed by atoms with Gasteiger partial charge < -0.3 is 4.57 Å². The summed E-state index contributed by atoms with van der Waals surface area (Å²) in [6, 6.07) is 3.44. The molecule has 17 heavy (non-hydrogen) atoms. The van der Waals surface area contributed by atoms with Crippen molar-refractivity contribution in [1.29, 1.82) is 0 Å². The zero-order valence-electron chi connectivity index (χ0n) is 9.96. The minimum Gasteiger partial charge on any atom is -0.332 e. The Hall–Kier alpha value is -1.91. The Kier molecular flexibility index (Phi) is 3.08. The van der Waals surface area contributed by atoms with Crippen LogP contribution < -0.4 is 0 Å². The van der Waals surface area contributed by atoms with E-state index >= 15 is 0 Å². The number of fused-ring (bicyclic) bond motifs is 1. The third-order valence-corrected chi connectivity index (χ3v) is 3.00. The van der Waals surface area contributed by atoms with Gasteiger partial charge in [-0.2, -0.15) is 0 Å². The zero-order valence-corrected chi connectivity index (χ0v) is 9.96. The van der Waals surface area contributed by atoms with Crippen LogP contribution in [0.4, 0.5) is 5.69 Å². The van der Waals surface area contributed by atoms with Crippen LogP contribution in [-0.2, 0) is 6.54 Å². The highest BCUT2D eigenvalue weighted by molar-refractivity contribution is 5.78.